The van der Waals surface area contributed by atoms with Crippen LogP contribution in [-0.4, -0.2) is 11.9 Å². The standard InChI is InChI=1S/C14H20O3/c1-2-3-4-5-6-7-8-9-10-12-11-13(15)17-14(12)16/h2,9-10,12H,1,3-8,11H2/b10-9-. The summed E-state index contributed by atoms with van der Waals surface area (Å²) in [5, 5.41) is 0. The van der Waals surface area contributed by atoms with Gasteiger partial charge < -0.3 is 4.74 Å². The van der Waals surface area contributed by atoms with Crippen LogP contribution in [0.3, 0.4) is 0 Å². The fourth-order valence-electron chi connectivity index (χ4n) is 1.80. The molecule has 1 saturated heterocycles. The summed E-state index contributed by atoms with van der Waals surface area (Å²) in [6.07, 6.45) is 12.8. The van der Waals surface area contributed by atoms with Crippen LogP contribution in [0, 0.1) is 5.92 Å². The molecular formula is C14H20O3. The van der Waals surface area contributed by atoms with E-state index < -0.39 is 11.9 Å². The fraction of sp³-hybridized carbons (Fsp3) is 0.571. The monoisotopic (exact) mass is 236 g/mol. The Morgan fingerprint density at radius 3 is 2.47 bits per heavy atom. The van der Waals surface area contributed by atoms with E-state index in [4.69, 9.17) is 0 Å². The zero-order valence-corrected chi connectivity index (χ0v) is 10.2. The first kappa shape index (κ1) is 13.7. The molecule has 0 amide bonds. The van der Waals surface area contributed by atoms with E-state index in [2.05, 4.69) is 11.3 Å². The Hall–Kier alpha value is -1.38. The van der Waals surface area contributed by atoms with Crippen LogP contribution >= 0.6 is 0 Å². The summed E-state index contributed by atoms with van der Waals surface area (Å²) in [5.74, 6) is -1.16. The van der Waals surface area contributed by atoms with Crippen molar-refractivity contribution in [2.24, 2.45) is 5.92 Å². The molecule has 0 saturated carbocycles. The molecule has 0 aliphatic carbocycles. The van der Waals surface area contributed by atoms with Gasteiger partial charge in [0.05, 0.1) is 12.3 Å². The third-order valence-electron chi connectivity index (χ3n) is 2.80. The fourth-order valence-corrected chi connectivity index (χ4v) is 1.80. The van der Waals surface area contributed by atoms with Gasteiger partial charge in [-0.25, -0.2) is 0 Å². The van der Waals surface area contributed by atoms with E-state index in [1.807, 2.05) is 12.2 Å². The number of rotatable bonds is 8. The van der Waals surface area contributed by atoms with Gasteiger partial charge in [0, 0.05) is 0 Å². The second-order valence-electron chi connectivity index (χ2n) is 4.31. The quantitative estimate of drug-likeness (QED) is 0.281. The molecule has 1 aliphatic heterocycles. The van der Waals surface area contributed by atoms with Crippen molar-refractivity contribution in [3.63, 3.8) is 0 Å². The van der Waals surface area contributed by atoms with E-state index >= 15 is 0 Å². The maximum Gasteiger partial charge on any atom is 0.321 e. The minimum Gasteiger partial charge on any atom is -0.393 e. The second-order valence-corrected chi connectivity index (χ2v) is 4.31. The van der Waals surface area contributed by atoms with Crippen molar-refractivity contribution in [2.75, 3.05) is 0 Å². The molecule has 0 aromatic carbocycles. The number of allylic oxidation sites excluding steroid dienone is 2. The first-order chi connectivity index (χ1) is 8.24. The van der Waals surface area contributed by atoms with Gasteiger partial charge in [0.2, 0.25) is 0 Å². The van der Waals surface area contributed by atoms with E-state index in [0.29, 0.717) is 0 Å². The molecular weight excluding hydrogens is 216 g/mol. The highest BCUT2D eigenvalue weighted by molar-refractivity contribution is 5.95. The molecule has 0 spiro atoms. The number of cyclic esters (lactones) is 2. The van der Waals surface area contributed by atoms with Gasteiger partial charge in [-0.1, -0.05) is 31.1 Å². The molecule has 3 heteroatoms. The van der Waals surface area contributed by atoms with Crippen LogP contribution in [0.4, 0.5) is 0 Å². The zero-order chi connectivity index (χ0) is 12.5. The first-order valence-corrected chi connectivity index (χ1v) is 6.26. The minimum atomic E-state index is -0.408. The Bertz CT molecular complexity index is 305. The van der Waals surface area contributed by atoms with Crippen molar-refractivity contribution in [1.29, 1.82) is 0 Å². The van der Waals surface area contributed by atoms with E-state index in [-0.39, 0.29) is 12.3 Å². The summed E-state index contributed by atoms with van der Waals surface area (Å²) in [6.45, 7) is 3.68. The lowest BCUT2D eigenvalue weighted by molar-refractivity contribution is -0.152. The van der Waals surface area contributed by atoms with Crippen molar-refractivity contribution in [3.8, 4) is 0 Å². The molecule has 0 bridgehead atoms. The Kier molecular flexibility index (Phi) is 6.30. The van der Waals surface area contributed by atoms with Crippen LogP contribution < -0.4 is 0 Å². The van der Waals surface area contributed by atoms with Crippen molar-refractivity contribution >= 4 is 11.9 Å². The maximum absolute atomic E-state index is 11.1. The van der Waals surface area contributed by atoms with Crippen LogP contribution in [-0.2, 0) is 14.3 Å². The molecule has 1 aliphatic rings. The summed E-state index contributed by atoms with van der Waals surface area (Å²) in [4.78, 5) is 21.9. The van der Waals surface area contributed by atoms with E-state index in [0.717, 1.165) is 19.3 Å². The number of carbonyl (C=O) groups excluding carboxylic acids is 2. The Labute approximate surface area is 103 Å². The van der Waals surface area contributed by atoms with Gasteiger partial charge in [-0.3, -0.25) is 9.59 Å². The van der Waals surface area contributed by atoms with E-state index in [1.54, 1.807) is 6.08 Å². The van der Waals surface area contributed by atoms with Crippen LogP contribution in [0.15, 0.2) is 24.8 Å². The minimum absolute atomic E-state index is 0.203. The van der Waals surface area contributed by atoms with E-state index in [1.165, 1.54) is 19.3 Å². The highest BCUT2D eigenvalue weighted by Gasteiger charge is 2.30. The van der Waals surface area contributed by atoms with Gasteiger partial charge in [0.15, 0.2) is 0 Å². The van der Waals surface area contributed by atoms with Crippen molar-refractivity contribution < 1.29 is 14.3 Å². The van der Waals surface area contributed by atoms with E-state index in [9.17, 15) is 9.59 Å². The molecule has 1 fully saturated rings. The molecule has 0 N–H and O–H groups in total. The molecule has 1 atom stereocenters. The summed E-state index contributed by atoms with van der Waals surface area (Å²) in [5.41, 5.74) is 0. The second kappa shape index (κ2) is 7.82. The number of hydrogen-bond donors (Lipinski definition) is 0. The lowest BCUT2D eigenvalue weighted by atomic mass is 10.1. The van der Waals surface area contributed by atoms with Crippen molar-refractivity contribution in [1.82, 2.24) is 0 Å². The Morgan fingerprint density at radius 2 is 1.88 bits per heavy atom. The molecule has 17 heavy (non-hydrogen) atoms. The highest BCUT2D eigenvalue weighted by atomic mass is 16.6. The number of ether oxygens (including phenoxy) is 1. The number of carbonyl (C=O) groups is 2. The maximum atomic E-state index is 11.1. The summed E-state index contributed by atoms with van der Waals surface area (Å²) in [6, 6.07) is 0. The molecule has 1 unspecified atom stereocenters. The highest BCUT2D eigenvalue weighted by Crippen LogP contribution is 2.17. The predicted molar refractivity (Wildman–Crippen MR) is 66.2 cm³/mol. The smallest absolute Gasteiger partial charge is 0.321 e. The molecule has 1 rings (SSSR count). The van der Waals surface area contributed by atoms with Crippen molar-refractivity contribution in [3.05, 3.63) is 24.8 Å². The summed E-state index contributed by atoms with van der Waals surface area (Å²) in [7, 11) is 0. The topological polar surface area (TPSA) is 43.4 Å². The molecule has 0 aromatic rings. The number of esters is 2. The zero-order valence-electron chi connectivity index (χ0n) is 10.2. The molecule has 0 radical (unpaired) electrons. The third-order valence-corrected chi connectivity index (χ3v) is 2.80. The Morgan fingerprint density at radius 1 is 1.18 bits per heavy atom. The van der Waals surface area contributed by atoms with Crippen LogP contribution in [0.2, 0.25) is 0 Å². The number of unbranched alkanes of at least 4 members (excludes halogenated alkanes) is 5. The summed E-state index contributed by atoms with van der Waals surface area (Å²) >= 11 is 0. The average Bonchev–Trinajstić information content (AvgIpc) is 2.61. The molecule has 3 nitrogen and oxygen atoms in total. The largest absolute Gasteiger partial charge is 0.393 e. The summed E-state index contributed by atoms with van der Waals surface area (Å²) < 4.78 is 4.46. The Balaban J connectivity index is 2.04. The molecule has 94 valence electrons. The van der Waals surface area contributed by atoms with Crippen LogP contribution in [0.25, 0.3) is 0 Å². The number of hydrogen-bond acceptors (Lipinski definition) is 3. The predicted octanol–water partition coefficient (Wildman–Crippen LogP) is 3.16. The van der Waals surface area contributed by atoms with Gasteiger partial charge in [0.25, 0.3) is 0 Å². The average molecular weight is 236 g/mol. The lowest BCUT2D eigenvalue weighted by Crippen LogP contribution is -2.03. The SMILES string of the molecule is C=CCCCCCC/C=C\C1CC(=O)OC1=O. The normalized spacial score (nSPS) is 19.9. The molecule has 1 heterocycles. The first-order valence-electron chi connectivity index (χ1n) is 6.26. The third kappa shape index (κ3) is 5.48. The molecule has 0 aromatic heterocycles. The lowest BCUT2D eigenvalue weighted by Gasteiger charge is -1.97. The van der Waals surface area contributed by atoms with Crippen LogP contribution in [0.1, 0.15) is 44.9 Å². The van der Waals surface area contributed by atoms with Gasteiger partial charge in [-0.05, 0) is 25.7 Å². The van der Waals surface area contributed by atoms with Gasteiger partial charge in [-0.15, -0.1) is 6.58 Å². The van der Waals surface area contributed by atoms with Crippen molar-refractivity contribution in [2.45, 2.75) is 44.9 Å². The van der Waals surface area contributed by atoms with Gasteiger partial charge in [-0.2, -0.15) is 0 Å². The van der Waals surface area contributed by atoms with Gasteiger partial charge >= 0.3 is 11.9 Å². The van der Waals surface area contributed by atoms with Crippen LogP contribution in [0.5, 0.6) is 0 Å². The van der Waals surface area contributed by atoms with Gasteiger partial charge in [0.1, 0.15) is 0 Å².